The zero-order valence-electron chi connectivity index (χ0n) is 15.4. The normalized spacial score (nSPS) is 15.5. The molecule has 7 heteroatoms. The van der Waals surface area contributed by atoms with Crippen molar-refractivity contribution in [1.29, 1.82) is 0 Å². The number of sulfonamides is 1. The molecule has 1 aliphatic rings. The minimum Gasteiger partial charge on any atom is -0.366 e. The second-order valence-electron chi connectivity index (χ2n) is 6.90. The summed E-state index contributed by atoms with van der Waals surface area (Å²) in [4.78, 5) is 6.66. The summed E-state index contributed by atoms with van der Waals surface area (Å²) in [5.41, 5.74) is 2.43. The van der Waals surface area contributed by atoms with E-state index in [2.05, 4.69) is 53.6 Å². The van der Waals surface area contributed by atoms with Crippen molar-refractivity contribution in [1.82, 2.24) is 14.2 Å². The number of benzene rings is 1. The molecule has 0 amide bonds. The summed E-state index contributed by atoms with van der Waals surface area (Å²) in [6.45, 7) is 2.77. The molecule has 1 N–H and O–H groups in total. The highest BCUT2D eigenvalue weighted by atomic mass is 32.2. The van der Waals surface area contributed by atoms with Crippen LogP contribution in [0.5, 0.6) is 0 Å². The predicted octanol–water partition coefficient (Wildman–Crippen LogP) is 2.54. The molecule has 0 bridgehead atoms. The molecule has 3 rings (SSSR count). The second kappa shape index (κ2) is 8.16. The Hall–Kier alpha value is -1.96. The lowest BCUT2D eigenvalue weighted by atomic mass is 10.1. The summed E-state index contributed by atoms with van der Waals surface area (Å²) in [5.74, 6) is 0.669. The van der Waals surface area contributed by atoms with Gasteiger partial charge in [-0.1, -0.05) is 24.3 Å². The Morgan fingerprint density at radius 2 is 1.69 bits per heavy atom. The number of aromatic nitrogens is 1. The fourth-order valence-corrected chi connectivity index (χ4v) is 4.50. The maximum absolute atomic E-state index is 12.5. The number of nitrogens with one attached hydrogen (secondary N) is 1. The Balaban J connectivity index is 1.59. The number of pyridine rings is 1. The van der Waals surface area contributed by atoms with Gasteiger partial charge in [0, 0.05) is 32.4 Å². The Kier molecular flexibility index (Phi) is 5.90. The van der Waals surface area contributed by atoms with Crippen LogP contribution in [0.25, 0.3) is 0 Å². The highest BCUT2D eigenvalue weighted by molar-refractivity contribution is 7.89. The van der Waals surface area contributed by atoms with Crippen LogP contribution in [0.2, 0.25) is 0 Å². The molecule has 1 aliphatic heterocycles. The molecule has 1 aromatic heterocycles. The monoisotopic (exact) mass is 374 g/mol. The van der Waals surface area contributed by atoms with Crippen LogP contribution in [0.15, 0.2) is 47.5 Å². The largest absolute Gasteiger partial charge is 0.366 e. The van der Waals surface area contributed by atoms with Crippen LogP contribution in [0.1, 0.15) is 24.0 Å². The van der Waals surface area contributed by atoms with Crippen molar-refractivity contribution in [3.8, 4) is 0 Å². The summed E-state index contributed by atoms with van der Waals surface area (Å²) < 4.78 is 26.5. The lowest BCUT2D eigenvalue weighted by Crippen LogP contribution is -2.27. The van der Waals surface area contributed by atoms with Crippen LogP contribution in [0.3, 0.4) is 0 Å². The van der Waals surface area contributed by atoms with Crippen molar-refractivity contribution in [3.05, 3.63) is 53.7 Å². The molecule has 6 nitrogen and oxygen atoms in total. The topological polar surface area (TPSA) is 65.5 Å². The van der Waals surface area contributed by atoms with Gasteiger partial charge in [-0.3, -0.25) is 0 Å². The SMILES string of the molecule is CN(C)Cc1ccc(CNc2ccc(S(=O)(=O)N3CCCC3)cn2)cc1. The molecule has 26 heavy (non-hydrogen) atoms. The quantitative estimate of drug-likeness (QED) is 0.807. The van der Waals surface area contributed by atoms with Gasteiger partial charge in [0.2, 0.25) is 10.0 Å². The lowest BCUT2D eigenvalue weighted by Gasteiger charge is -2.15. The van der Waals surface area contributed by atoms with Crippen LogP contribution in [-0.2, 0) is 23.1 Å². The molecule has 140 valence electrons. The summed E-state index contributed by atoms with van der Waals surface area (Å²) >= 11 is 0. The van der Waals surface area contributed by atoms with Crippen LogP contribution in [-0.4, -0.2) is 49.8 Å². The average molecular weight is 375 g/mol. The van der Waals surface area contributed by atoms with E-state index in [1.165, 1.54) is 16.1 Å². The molecule has 0 spiro atoms. The number of hydrogen-bond donors (Lipinski definition) is 1. The van der Waals surface area contributed by atoms with Gasteiger partial charge in [-0.15, -0.1) is 0 Å². The zero-order chi connectivity index (χ0) is 18.6. The Bertz CT molecular complexity index is 812. The second-order valence-corrected chi connectivity index (χ2v) is 8.84. The molecule has 2 heterocycles. The van der Waals surface area contributed by atoms with Gasteiger partial charge in [-0.2, -0.15) is 4.31 Å². The van der Waals surface area contributed by atoms with E-state index < -0.39 is 10.0 Å². The smallest absolute Gasteiger partial charge is 0.244 e. The third-order valence-electron chi connectivity index (χ3n) is 4.43. The molecule has 0 aliphatic carbocycles. The van der Waals surface area contributed by atoms with E-state index >= 15 is 0 Å². The fourth-order valence-electron chi connectivity index (χ4n) is 3.04. The van der Waals surface area contributed by atoms with E-state index in [9.17, 15) is 8.42 Å². The summed E-state index contributed by atoms with van der Waals surface area (Å²) in [6.07, 6.45) is 3.30. The molecule has 1 fully saturated rings. The molecular formula is C19H26N4O2S. The highest BCUT2D eigenvalue weighted by Gasteiger charge is 2.27. The summed E-state index contributed by atoms with van der Waals surface area (Å²) in [7, 11) is 0.702. The number of nitrogens with zero attached hydrogens (tertiary/aromatic N) is 3. The lowest BCUT2D eigenvalue weighted by molar-refractivity contribution is 0.402. The highest BCUT2D eigenvalue weighted by Crippen LogP contribution is 2.21. The standard InChI is InChI=1S/C19H26N4O2S/c1-22(2)15-17-7-5-16(6-8-17)13-20-19-10-9-18(14-21-19)26(24,25)23-11-3-4-12-23/h5-10,14H,3-4,11-13,15H2,1-2H3,(H,20,21). The molecule has 1 saturated heterocycles. The Morgan fingerprint density at radius 3 is 2.27 bits per heavy atom. The average Bonchev–Trinajstić information content (AvgIpc) is 3.17. The van der Waals surface area contributed by atoms with Gasteiger partial charge < -0.3 is 10.2 Å². The van der Waals surface area contributed by atoms with Crippen molar-refractivity contribution in [2.24, 2.45) is 0 Å². The predicted molar refractivity (Wildman–Crippen MR) is 103 cm³/mol. The summed E-state index contributed by atoms with van der Waals surface area (Å²) in [6, 6.07) is 11.8. The van der Waals surface area contributed by atoms with E-state index in [4.69, 9.17) is 0 Å². The van der Waals surface area contributed by atoms with Gasteiger partial charge in [0.05, 0.1) is 0 Å². The van der Waals surface area contributed by atoms with E-state index in [1.807, 2.05) is 0 Å². The van der Waals surface area contributed by atoms with Crippen LogP contribution in [0, 0.1) is 0 Å². The van der Waals surface area contributed by atoms with Gasteiger partial charge in [0.1, 0.15) is 10.7 Å². The first-order chi connectivity index (χ1) is 12.4. The third kappa shape index (κ3) is 4.60. The van der Waals surface area contributed by atoms with Crippen molar-refractivity contribution < 1.29 is 8.42 Å². The van der Waals surface area contributed by atoms with Crippen LogP contribution in [0.4, 0.5) is 5.82 Å². The van der Waals surface area contributed by atoms with E-state index in [-0.39, 0.29) is 4.90 Å². The fraction of sp³-hybridized carbons (Fsp3) is 0.421. The van der Waals surface area contributed by atoms with Gasteiger partial charge in [-0.25, -0.2) is 13.4 Å². The number of hydrogen-bond acceptors (Lipinski definition) is 5. The molecule has 2 aromatic rings. The molecule has 0 unspecified atom stereocenters. The van der Waals surface area contributed by atoms with Gasteiger partial charge in [0.15, 0.2) is 0 Å². The molecule has 0 saturated carbocycles. The van der Waals surface area contributed by atoms with E-state index in [0.29, 0.717) is 25.5 Å². The van der Waals surface area contributed by atoms with Crippen molar-refractivity contribution in [3.63, 3.8) is 0 Å². The minimum atomic E-state index is -3.40. The number of rotatable bonds is 7. The molecule has 0 radical (unpaired) electrons. The Labute approximate surface area is 155 Å². The van der Waals surface area contributed by atoms with Crippen LogP contribution >= 0.6 is 0 Å². The zero-order valence-corrected chi connectivity index (χ0v) is 16.2. The Morgan fingerprint density at radius 1 is 1.04 bits per heavy atom. The van der Waals surface area contributed by atoms with Crippen molar-refractivity contribution in [2.45, 2.75) is 30.8 Å². The maximum atomic E-state index is 12.5. The third-order valence-corrected chi connectivity index (χ3v) is 6.32. The minimum absolute atomic E-state index is 0.262. The van der Waals surface area contributed by atoms with Crippen LogP contribution < -0.4 is 5.32 Å². The van der Waals surface area contributed by atoms with E-state index in [1.54, 1.807) is 12.1 Å². The van der Waals surface area contributed by atoms with Gasteiger partial charge >= 0.3 is 0 Å². The van der Waals surface area contributed by atoms with Crippen molar-refractivity contribution in [2.75, 3.05) is 32.5 Å². The maximum Gasteiger partial charge on any atom is 0.244 e. The first-order valence-electron chi connectivity index (χ1n) is 8.88. The molecule has 1 aromatic carbocycles. The molecule has 0 atom stereocenters. The first kappa shape index (κ1) is 18.8. The molecular weight excluding hydrogens is 348 g/mol. The number of anilines is 1. The first-order valence-corrected chi connectivity index (χ1v) is 10.3. The van der Waals surface area contributed by atoms with Crippen molar-refractivity contribution >= 4 is 15.8 Å². The van der Waals surface area contributed by atoms with Gasteiger partial charge in [-0.05, 0) is 50.2 Å². The van der Waals surface area contributed by atoms with E-state index in [0.717, 1.165) is 24.9 Å². The van der Waals surface area contributed by atoms with Gasteiger partial charge in [0.25, 0.3) is 0 Å². The summed E-state index contributed by atoms with van der Waals surface area (Å²) in [5, 5.41) is 3.24.